The lowest BCUT2D eigenvalue weighted by Crippen LogP contribution is -2.32. The van der Waals surface area contributed by atoms with Gasteiger partial charge in [0.2, 0.25) is 0 Å². The van der Waals surface area contributed by atoms with Crippen LogP contribution in [0.15, 0.2) is 47.6 Å². The number of amides is 2. The Hall–Kier alpha value is -2.67. The van der Waals surface area contributed by atoms with Crippen molar-refractivity contribution in [1.82, 2.24) is 10.0 Å². The molecule has 0 saturated carbocycles. The Morgan fingerprint density at radius 3 is 2.30 bits per heavy atom. The number of carbonyl (C=O) groups excluding carboxylic acids is 3. The highest BCUT2D eigenvalue weighted by molar-refractivity contribution is 7.99. The molecule has 23 heavy (non-hydrogen) atoms. The van der Waals surface area contributed by atoms with Crippen molar-refractivity contribution >= 4 is 29.5 Å². The minimum absolute atomic E-state index is 0.169. The molecule has 1 aromatic heterocycles. The van der Waals surface area contributed by atoms with Crippen LogP contribution in [0.5, 0.6) is 0 Å². The lowest BCUT2D eigenvalue weighted by molar-refractivity contribution is -0.0584. The molecule has 2 aromatic rings. The summed E-state index contributed by atoms with van der Waals surface area (Å²) < 4.78 is 0. The average molecular weight is 328 g/mol. The smallest absolute Gasteiger partial charge is 0.324 e. The number of hydroxylamine groups is 2. The van der Waals surface area contributed by atoms with Crippen LogP contribution in [-0.2, 0) is 4.84 Å². The van der Waals surface area contributed by atoms with Crippen LogP contribution in [0.3, 0.4) is 0 Å². The van der Waals surface area contributed by atoms with Crippen LogP contribution in [0.25, 0.3) is 0 Å². The van der Waals surface area contributed by atoms with Crippen LogP contribution < -0.4 is 0 Å². The van der Waals surface area contributed by atoms with Gasteiger partial charge in [-0.3, -0.25) is 9.59 Å². The molecule has 116 valence electrons. The van der Waals surface area contributed by atoms with E-state index in [0.717, 1.165) is 10.8 Å². The first kappa shape index (κ1) is 15.2. The molecule has 0 radical (unpaired) electrons. The molecular weight excluding hydrogens is 316 g/mol. The molecule has 2 amide bonds. The van der Waals surface area contributed by atoms with Gasteiger partial charge in [-0.25, -0.2) is 9.78 Å². The van der Waals surface area contributed by atoms with Gasteiger partial charge < -0.3 is 4.84 Å². The second-order valence-electron chi connectivity index (χ2n) is 4.65. The number of hydrogen-bond donors (Lipinski definition) is 0. The van der Waals surface area contributed by atoms with Crippen molar-refractivity contribution in [3.05, 3.63) is 59.3 Å². The summed E-state index contributed by atoms with van der Waals surface area (Å²) in [5, 5.41) is 1.27. The quantitative estimate of drug-likeness (QED) is 0.634. The minimum Gasteiger partial charge on any atom is -0.324 e. The fourth-order valence-corrected chi connectivity index (χ4v) is 2.71. The summed E-state index contributed by atoms with van der Waals surface area (Å²) in [6.45, 7) is 2.00. The fourth-order valence-electron chi connectivity index (χ4n) is 2.12. The summed E-state index contributed by atoms with van der Waals surface area (Å²) in [5.74, 6) is -1.23. The number of thioether (sulfide) groups is 1. The monoisotopic (exact) mass is 328 g/mol. The summed E-state index contributed by atoms with van der Waals surface area (Å²) >= 11 is 1.54. The Bertz CT molecular complexity index is 754. The van der Waals surface area contributed by atoms with Gasteiger partial charge in [-0.2, -0.15) is 0 Å². The molecule has 0 fully saturated rings. The number of hydrogen-bond acceptors (Lipinski definition) is 6. The van der Waals surface area contributed by atoms with E-state index in [9.17, 15) is 14.4 Å². The highest BCUT2D eigenvalue weighted by Gasteiger charge is 2.38. The van der Waals surface area contributed by atoms with Crippen molar-refractivity contribution < 1.29 is 19.2 Å². The second-order valence-corrected chi connectivity index (χ2v) is 5.93. The van der Waals surface area contributed by atoms with Gasteiger partial charge in [-0.15, -0.1) is 11.8 Å². The van der Waals surface area contributed by atoms with Gasteiger partial charge in [0.1, 0.15) is 0 Å². The summed E-state index contributed by atoms with van der Waals surface area (Å²) in [6.07, 6.45) is 1.36. The van der Waals surface area contributed by atoms with E-state index in [1.807, 2.05) is 6.92 Å². The Kier molecular flexibility index (Phi) is 4.12. The molecule has 3 rings (SSSR count). The number of pyridine rings is 1. The van der Waals surface area contributed by atoms with Crippen LogP contribution in [0.2, 0.25) is 0 Å². The first-order valence-corrected chi connectivity index (χ1v) is 7.89. The van der Waals surface area contributed by atoms with Crippen LogP contribution in [0.1, 0.15) is 38.0 Å². The lowest BCUT2D eigenvalue weighted by atomic mass is 10.1. The van der Waals surface area contributed by atoms with Gasteiger partial charge in [0.15, 0.2) is 0 Å². The summed E-state index contributed by atoms with van der Waals surface area (Å²) in [6, 6.07) is 9.55. The van der Waals surface area contributed by atoms with Gasteiger partial charge in [-0.1, -0.05) is 24.1 Å². The van der Waals surface area contributed by atoms with Crippen LogP contribution in [-0.4, -0.2) is 33.6 Å². The number of fused-ring (bicyclic) bond motifs is 1. The van der Waals surface area contributed by atoms with Crippen molar-refractivity contribution in [2.45, 2.75) is 11.9 Å². The molecule has 0 spiro atoms. The van der Waals surface area contributed by atoms with Crippen LogP contribution in [0.4, 0.5) is 0 Å². The molecule has 2 heterocycles. The Balaban J connectivity index is 1.76. The van der Waals surface area contributed by atoms with E-state index in [0.29, 0.717) is 5.06 Å². The maximum Gasteiger partial charge on any atom is 0.365 e. The van der Waals surface area contributed by atoms with Gasteiger partial charge in [-0.05, 0) is 30.0 Å². The average Bonchev–Trinajstić information content (AvgIpc) is 2.81. The molecular formula is C16H12N2O4S. The zero-order valence-corrected chi connectivity index (χ0v) is 13.0. The summed E-state index contributed by atoms with van der Waals surface area (Å²) in [5.41, 5.74) is 0.609. The normalized spacial score (nSPS) is 13.2. The molecule has 0 saturated heterocycles. The SMILES string of the molecule is CCSc1ccc(C(=O)ON2C(=O)c3ccccc3C2=O)cn1. The molecule has 1 aliphatic rings. The molecule has 0 bridgehead atoms. The third-order valence-corrected chi connectivity index (χ3v) is 4.02. The van der Waals surface area contributed by atoms with Crippen molar-refractivity contribution in [3.8, 4) is 0 Å². The Labute approximate surface area is 136 Å². The number of nitrogens with zero attached hydrogens (tertiary/aromatic N) is 2. The first-order valence-electron chi connectivity index (χ1n) is 6.90. The molecule has 0 atom stereocenters. The van der Waals surface area contributed by atoms with Gasteiger partial charge >= 0.3 is 5.97 Å². The summed E-state index contributed by atoms with van der Waals surface area (Å²) in [7, 11) is 0. The van der Waals surface area contributed by atoms with Crippen LogP contribution >= 0.6 is 11.8 Å². The van der Waals surface area contributed by atoms with E-state index >= 15 is 0 Å². The number of imide groups is 1. The van der Waals surface area contributed by atoms with Gasteiger partial charge in [0.25, 0.3) is 11.8 Å². The number of rotatable bonds is 4. The molecule has 0 aliphatic carbocycles. The highest BCUT2D eigenvalue weighted by atomic mass is 32.2. The minimum atomic E-state index is -0.806. The van der Waals surface area contributed by atoms with Crippen LogP contribution in [0, 0.1) is 0 Å². The van der Waals surface area contributed by atoms with Crippen molar-refractivity contribution in [2.75, 3.05) is 5.75 Å². The standard InChI is InChI=1S/C16H12N2O4S/c1-2-23-13-8-7-10(9-17-13)16(21)22-18-14(19)11-5-3-4-6-12(11)15(18)20/h3-9H,2H2,1H3. The zero-order chi connectivity index (χ0) is 16.4. The lowest BCUT2D eigenvalue weighted by Gasteiger charge is -2.12. The maximum atomic E-state index is 12.1. The summed E-state index contributed by atoms with van der Waals surface area (Å²) in [4.78, 5) is 45.4. The number of carbonyl (C=O) groups is 3. The van der Waals surface area contributed by atoms with E-state index in [1.54, 1.807) is 24.3 Å². The van der Waals surface area contributed by atoms with Gasteiger partial charge in [0, 0.05) is 6.20 Å². The first-order chi connectivity index (χ1) is 11.1. The second kappa shape index (κ2) is 6.21. The van der Waals surface area contributed by atoms with E-state index < -0.39 is 17.8 Å². The predicted octanol–water partition coefficient (Wildman–Crippen LogP) is 2.56. The third kappa shape index (κ3) is 2.83. The molecule has 1 aromatic carbocycles. The fraction of sp³-hybridized carbons (Fsp3) is 0.125. The van der Waals surface area contributed by atoms with Crippen molar-refractivity contribution in [3.63, 3.8) is 0 Å². The van der Waals surface area contributed by atoms with Crippen molar-refractivity contribution in [1.29, 1.82) is 0 Å². The third-order valence-electron chi connectivity index (χ3n) is 3.20. The Morgan fingerprint density at radius 2 is 1.78 bits per heavy atom. The molecule has 0 N–H and O–H groups in total. The largest absolute Gasteiger partial charge is 0.365 e. The zero-order valence-electron chi connectivity index (χ0n) is 12.2. The number of aromatic nitrogens is 1. The van der Waals surface area contributed by atoms with E-state index in [4.69, 9.17) is 4.84 Å². The maximum absolute atomic E-state index is 12.1. The van der Waals surface area contributed by atoms with E-state index in [2.05, 4.69) is 4.98 Å². The van der Waals surface area contributed by atoms with E-state index in [1.165, 1.54) is 30.1 Å². The molecule has 6 nitrogen and oxygen atoms in total. The topological polar surface area (TPSA) is 76.6 Å². The number of benzene rings is 1. The van der Waals surface area contributed by atoms with Gasteiger partial charge in [0.05, 0.1) is 21.7 Å². The predicted molar refractivity (Wildman–Crippen MR) is 83.0 cm³/mol. The van der Waals surface area contributed by atoms with Crippen molar-refractivity contribution in [2.24, 2.45) is 0 Å². The Morgan fingerprint density at radius 1 is 1.13 bits per heavy atom. The molecule has 7 heteroatoms. The molecule has 0 unspecified atom stereocenters. The molecule has 1 aliphatic heterocycles. The highest BCUT2D eigenvalue weighted by Crippen LogP contribution is 2.23. The van der Waals surface area contributed by atoms with E-state index in [-0.39, 0.29) is 16.7 Å².